The molecule has 0 aliphatic heterocycles. The minimum Gasteiger partial charge on any atom is -0.462 e. The maximum absolute atomic E-state index is 13.5. The van der Waals surface area contributed by atoms with E-state index in [-0.39, 0.29) is 29.0 Å². The Labute approximate surface area is 241 Å². The molecule has 0 aromatic carbocycles. The van der Waals surface area contributed by atoms with Crippen LogP contribution in [0.3, 0.4) is 0 Å². The first kappa shape index (κ1) is 31.0. The normalized spacial score (nSPS) is 43.2. The molecule has 224 valence electrons. The predicted molar refractivity (Wildman–Crippen MR) is 154 cm³/mol. The first-order chi connectivity index (χ1) is 18.7. The molecule has 40 heavy (non-hydrogen) atoms. The lowest BCUT2D eigenvalue weighted by atomic mass is 9.34. The average Bonchev–Trinajstić information content (AvgIpc) is 2.88. The lowest BCUT2D eigenvalue weighted by Crippen LogP contribution is -2.67. The molecule has 0 spiro atoms. The van der Waals surface area contributed by atoms with Crippen LogP contribution in [0.5, 0.6) is 0 Å². The summed E-state index contributed by atoms with van der Waals surface area (Å²) in [5.41, 5.74) is 0.262. The van der Waals surface area contributed by atoms with E-state index >= 15 is 0 Å². The van der Waals surface area contributed by atoms with Crippen molar-refractivity contribution in [3.8, 4) is 0 Å². The molecule has 6 heteroatoms. The summed E-state index contributed by atoms with van der Waals surface area (Å²) in [5.74, 6) is -0.454. The Bertz CT molecular complexity index is 1060. The maximum Gasteiger partial charge on any atom is 0.309 e. The van der Waals surface area contributed by atoms with Crippen molar-refractivity contribution in [3.63, 3.8) is 0 Å². The molecule has 0 amide bonds. The zero-order valence-corrected chi connectivity index (χ0v) is 26.1. The number of hydrogen-bond donors (Lipinski definition) is 0. The number of carbonyl (C=O) groups excluding carboxylic acids is 4. The highest BCUT2D eigenvalue weighted by atomic mass is 16.6. The van der Waals surface area contributed by atoms with Crippen LogP contribution < -0.4 is 0 Å². The number of ketones is 1. The Morgan fingerprint density at radius 2 is 1.68 bits per heavy atom. The molecule has 10 atom stereocenters. The SMILES string of the molecule is CC[C@H](CC(=O)O[C@H]1C[C@@H]2[C@@]3(C)CCC[C@](C)(CC)[C@@H]3CC[C@@]2(C)[C@@H]2CC=C(C(C)=O)[C@H](C=O)[C@@]12C)OC(C)=O. The van der Waals surface area contributed by atoms with Crippen LogP contribution in [-0.4, -0.2) is 36.2 Å². The van der Waals surface area contributed by atoms with Crippen LogP contribution in [0.4, 0.5) is 0 Å². The van der Waals surface area contributed by atoms with E-state index in [0.717, 1.165) is 12.7 Å². The van der Waals surface area contributed by atoms with Crippen molar-refractivity contribution in [2.24, 2.45) is 45.3 Å². The first-order valence-corrected chi connectivity index (χ1v) is 15.7. The molecule has 0 radical (unpaired) electrons. The fraction of sp³-hybridized carbons (Fsp3) is 0.824. The van der Waals surface area contributed by atoms with Crippen molar-refractivity contribution in [3.05, 3.63) is 11.6 Å². The minimum atomic E-state index is -0.687. The van der Waals surface area contributed by atoms with E-state index in [9.17, 15) is 19.2 Å². The number of Topliss-reactive ketones (excluding diaryl/α,β-unsaturated/α-hetero) is 1. The molecule has 0 bridgehead atoms. The fourth-order valence-electron chi connectivity index (χ4n) is 10.6. The largest absolute Gasteiger partial charge is 0.462 e. The van der Waals surface area contributed by atoms with Crippen molar-refractivity contribution in [1.29, 1.82) is 0 Å². The molecule has 0 N–H and O–H groups in total. The van der Waals surface area contributed by atoms with E-state index in [4.69, 9.17) is 9.47 Å². The van der Waals surface area contributed by atoms with Crippen LogP contribution in [0.2, 0.25) is 0 Å². The minimum absolute atomic E-state index is 0.00970. The molecule has 0 heterocycles. The Hall–Kier alpha value is -1.98. The maximum atomic E-state index is 13.5. The van der Waals surface area contributed by atoms with E-state index in [1.165, 1.54) is 46.0 Å². The quantitative estimate of drug-likeness (QED) is 0.236. The van der Waals surface area contributed by atoms with Crippen LogP contribution in [-0.2, 0) is 28.7 Å². The van der Waals surface area contributed by atoms with Gasteiger partial charge in [-0.3, -0.25) is 14.4 Å². The molecule has 0 saturated heterocycles. The molecule has 0 aromatic heterocycles. The van der Waals surface area contributed by atoms with E-state index in [1.54, 1.807) is 0 Å². The summed E-state index contributed by atoms with van der Waals surface area (Å²) < 4.78 is 11.8. The van der Waals surface area contributed by atoms with Gasteiger partial charge in [0.2, 0.25) is 0 Å². The van der Waals surface area contributed by atoms with Crippen LogP contribution in [0.1, 0.15) is 120 Å². The Morgan fingerprint density at radius 1 is 1.00 bits per heavy atom. The van der Waals surface area contributed by atoms with Gasteiger partial charge in [-0.15, -0.1) is 0 Å². The number of fused-ring (bicyclic) bond motifs is 5. The van der Waals surface area contributed by atoms with Gasteiger partial charge in [0.1, 0.15) is 18.5 Å². The summed E-state index contributed by atoms with van der Waals surface area (Å²) in [6, 6.07) is 0. The highest BCUT2D eigenvalue weighted by Gasteiger charge is 2.69. The first-order valence-electron chi connectivity index (χ1n) is 15.7. The summed E-state index contributed by atoms with van der Waals surface area (Å²) in [6.07, 6.45) is 10.9. The van der Waals surface area contributed by atoms with Crippen LogP contribution in [0.25, 0.3) is 0 Å². The molecule has 4 rings (SSSR count). The van der Waals surface area contributed by atoms with Crippen molar-refractivity contribution in [1.82, 2.24) is 0 Å². The van der Waals surface area contributed by atoms with Gasteiger partial charge in [0.15, 0.2) is 5.78 Å². The predicted octanol–water partition coefficient (Wildman–Crippen LogP) is 7.03. The Kier molecular flexibility index (Phi) is 8.53. The zero-order chi connectivity index (χ0) is 29.7. The van der Waals surface area contributed by atoms with Gasteiger partial charge in [-0.25, -0.2) is 0 Å². The number of aldehydes is 1. The molecular formula is C34H52O6. The standard InChI is InChI=1S/C34H52O6/c1-9-23(39-22(4)37)18-30(38)40-29-19-28-32(6)16-11-15-31(5,10-2)26(32)14-17-33(28,7)27-13-12-24(21(3)36)25(20-35)34(27,29)8/h12,20,23,25-29H,9-11,13-19H2,1-8H3/t23-,25+,26+,27+,28-,29+,31+,32+,33+,34-/m1/s1. The van der Waals surface area contributed by atoms with Crippen LogP contribution >= 0.6 is 0 Å². The zero-order valence-electron chi connectivity index (χ0n) is 26.1. The molecular weight excluding hydrogens is 504 g/mol. The van der Waals surface area contributed by atoms with Gasteiger partial charge in [0, 0.05) is 17.9 Å². The third-order valence-electron chi connectivity index (χ3n) is 12.7. The molecule has 6 nitrogen and oxygen atoms in total. The number of ether oxygens (including phenoxy) is 2. The average molecular weight is 557 g/mol. The Morgan fingerprint density at radius 3 is 2.25 bits per heavy atom. The van der Waals surface area contributed by atoms with Gasteiger partial charge < -0.3 is 14.3 Å². The Balaban J connectivity index is 1.78. The summed E-state index contributed by atoms with van der Waals surface area (Å²) in [4.78, 5) is 50.6. The van der Waals surface area contributed by atoms with Gasteiger partial charge in [-0.1, -0.05) is 60.5 Å². The highest BCUT2D eigenvalue weighted by Crippen LogP contribution is 2.73. The highest BCUT2D eigenvalue weighted by molar-refractivity contribution is 5.97. The van der Waals surface area contributed by atoms with E-state index in [2.05, 4.69) is 34.6 Å². The number of hydrogen-bond acceptors (Lipinski definition) is 6. The number of esters is 2. The summed E-state index contributed by atoms with van der Waals surface area (Å²) in [5, 5.41) is 0. The second-order valence-corrected chi connectivity index (χ2v) is 14.6. The lowest BCUT2D eigenvalue weighted by Gasteiger charge is -2.70. The number of allylic oxidation sites excluding steroid dienone is 2. The van der Waals surface area contributed by atoms with Gasteiger partial charge in [-0.2, -0.15) is 0 Å². The molecule has 3 saturated carbocycles. The van der Waals surface area contributed by atoms with Crippen molar-refractivity contribution in [2.45, 2.75) is 132 Å². The molecule has 4 aliphatic carbocycles. The van der Waals surface area contributed by atoms with E-state index < -0.39 is 35.5 Å². The second kappa shape index (κ2) is 11.0. The van der Waals surface area contributed by atoms with Crippen molar-refractivity contribution >= 4 is 24.0 Å². The number of rotatable bonds is 8. The second-order valence-electron chi connectivity index (χ2n) is 14.6. The third-order valence-corrected chi connectivity index (χ3v) is 12.7. The van der Waals surface area contributed by atoms with Crippen LogP contribution in [0.15, 0.2) is 11.6 Å². The fourth-order valence-corrected chi connectivity index (χ4v) is 10.6. The smallest absolute Gasteiger partial charge is 0.309 e. The van der Waals surface area contributed by atoms with Gasteiger partial charge >= 0.3 is 11.9 Å². The van der Waals surface area contributed by atoms with Gasteiger partial charge in [0.25, 0.3) is 0 Å². The van der Waals surface area contributed by atoms with Crippen LogP contribution in [0, 0.1) is 45.3 Å². The van der Waals surface area contributed by atoms with Gasteiger partial charge in [0.05, 0.1) is 12.3 Å². The lowest BCUT2D eigenvalue weighted by molar-refractivity contribution is -0.240. The monoisotopic (exact) mass is 556 g/mol. The molecule has 3 fully saturated rings. The third kappa shape index (κ3) is 4.79. The van der Waals surface area contributed by atoms with E-state index in [1.807, 2.05) is 13.0 Å². The summed E-state index contributed by atoms with van der Waals surface area (Å²) >= 11 is 0. The molecule has 4 aliphatic rings. The van der Waals surface area contributed by atoms with Crippen molar-refractivity contribution < 1.29 is 28.7 Å². The molecule has 0 unspecified atom stereocenters. The summed E-state index contributed by atoms with van der Waals surface area (Å²) in [6.45, 7) is 16.6. The summed E-state index contributed by atoms with van der Waals surface area (Å²) in [7, 11) is 0. The number of carbonyl (C=O) groups is 4. The van der Waals surface area contributed by atoms with E-state index in [0.29, 0.717) is 42.1 Å². The molecule has 0 aromatic rings. The van der Waals surface area contributed by atoms with Crippen molar-refractivity contribution in [2.75, 3.05) is 0 Å². The topological polar surface area (TPSA) is 86.7 Å². The van der Waals surface area contributed by atoms with Gasteiger partial charge in [-0.05, 0) is 85.9 Å².